The van der Waals surface area contributed by atoms with Crippen LogP contribution in [-0.2, 0) is 10.0 Å². The summed E-state index contributed by atoms with van der Waals surface area (Å²) in [5.41, 5.74) is 0.340. The van der Waals surface area contributed by atoms with Crippen LogP contribution in [0.4, 0.5) is 0 Å². The quantitative estimate of drug-likeness (QED) is 0.734. The molecule has 0 saturated carbocycles. The van der Waals surface area contributed by atoms with Crippen LogP contribution in [0.1, 0.15) is 53.4 Å². The lowest BCUT2D eigenvalue weighted by molar-refractivity contribution is 0.0695. The first-order chi connectivity index (χ1) is 14.6. The van der Waals surface area contributed by atoms with E-state index in [-0.39, 0.29) is 34.6 Å². The van der Waals surface area contributed by atoms with E-state index < -0.39 is 10.0 Å². The summed E-state index contributed by atoms with van der Waals surface area (Å²) >= 11 is 0. The van der Waals surface area contributed by atoms with E-state index in [2.05, 4.69) is 5.32 Å². The fourth-order valence-corrected chi connectivity index (χ4v) is 4.87. The highest BCUT2D eigenvalue weighted by molar-refractivity contribution is 7.89. The average molecular weight is 448 g/mol. The summed E-state index contributed by atoms with van der Waals surface area (Å²) in [5, 5.41) is 2.94. The molecule has 0 atom stereocenters. The van der Waals surface area contributed by atoms with Gasteiger partial charge in [0.25, 0.3) is 11.8 Å². The van der Waals surface area contributed by atoms with E-state index in [9.17, 15) is 18.0 Å². The molecule has 1 aromatic heterocycles. The van der Waals surface area contributed by atoms with Crippen molar-refractivity contribution in [3.05, 3.63) is 53.5 Å². The predicted octanol–water partition coefficient (Wildman–Crippen LogP) is 2.65. The van der Waals surface area contributed by atoms with E-state index in [1.807, 2.05) is 0 Å². The maximum Gasteiger partial charge on any atom is 0.287 e. The highest BCUT2D eigenvalue weighted by Gasteiger charge is 2.28. The van der Waals surface area contributed by atoms with Gasteiger partial charge in [-0.05, 0) is 63.9 Å². The van der Waals surface area contributed by atoms with Crippen LogP contribution in [-0.4, -0.2) is 61.7 Å². The molecular formula is C22H29N3O5S. The molecule has 1 N–H and O–H groups in total. The summed E-state index contributed by atoms with van der Waals surface area (Å²) in [7, 11) is -2.14. The number of carbonyl (C=O) groups is 2. The number of nitrogens with one attached hydrogen (secondary N) is 1. The Morgan fingerprint density at radius 3 is 2.42 bits per heavy atom. The second-order valence-electron chi connectivity index (χ2n) is 8.09. The first kappa shape index (κ1) is 23.0. The monoisotopic (exact) mass is 447 g/mol. The first-order valence-electron chi connectivity index (χ1n) is 10.3. The number of hydrogen-bond acceptors (Lipinski definition) is 5. The van der Waals surface area contributed by atoms with Crippen molar-refractivity contribution in [2.75, 3.05) is 20.1 Å². The molecule has 2 heterocycles. The van der Waals surface area contributed by atoms with Crippen molar-refractivity contribution < 1.29 is 22.4 Å². The first-order valence-corrected chi connectivity index (χ1v) is 11.8. The number of rotatable bonds is 6. The third-order valence-corrected chi connectivity index (χ3v) is 7.60. The molecule has 3 rings (SSSR count). The molecule has 0 aliphatic carbocycles. The van der Waals surface area contributed by atoms with E-state index >= 15 is 0 Å². The summed E-state index contributed by atoms with van der Waals surface area (Å²) in [6.07, 6.45) is 1.23. The number of likely N-dealkylation sites (tertiary alicyclic amines) is 1. The predicted molar refractivity (Wildman–Crippen MR) is 116 cm³/mol. The van der Waals surface area contributed by atoms with Gasteiger partial charge < -0.3 is 14.6 Å². The van der Waals surface area contributed by atoms with Crippen LogP contribution in [0, 0.1) is 6.92 Å². The van der Waals surface area contributed by atoms with Crippen molar-refractivity contribution in [1.29, 1.82) is 0 Å². The number of hydrogen-bond donors (Lipinski definition) is 1. The van der Waals surface area contributed by atoms with E-state index in [0.29, 0.717) is 37.3 Å². The highest BCUT2D eigenvalue weighted by Crippen LogP contribution is 2.20. The molecule has 9 heteroatoms. The Morgan fingerprint density at radius 2 is 1.84 bits per heavy atom. The van der Waals surface area contributed by atoms with Crippen LogP contribution in [0.15, 0.2) is 45.7 Å². The van der Waals surface area contributed by atoms with Crippen molar-refractivity contribution >= 4 is 21.8 Å². The molecule has 0 radical (unpaired) electrons. The van der Waals surface area contributed by atoms with Gasteiger partial charge in [0.2, 0.25) is 10.0 Å². The summed E-state index contributed by atoms with van der Waals surface area (Å²) in [6, 6.07) is 9.30. The molecule has 0 bridgehead atoms. The van der Waals surface area contributed by atoms with Gasteiger partial charge in [-0.3, -0.25) is 9.59 Å². The molecular weight excluding hydrogens is 418 g/mol. The standard InChI is InChI=1S/C22H29N3O5S/c1-15(2)24(4)31(28,29)19-7-5-6-17(14-19)22(27)25-12-10-18(11-13-25)23-21(26)20-9-8-16(3)30-20/h5-9,14-15,18H,10-13H2,1-4H3,(H,23,26). The van der Waals surface area contributed by atoms with Gasteiger partial charge in [0, 0.05) is 37.8 Å². The number of carbonyl (C=O) groups excluding carboxylic acids is 2. The van der Waals surface area contributed by atoms with Gasteiger partial charge in [0.15, 0.2) is 5.76 Å². The van der Waals surface area contributed by atoms with E-state index in [4.69, 9.17) is 4.42 Å². The van der Waals surface area contributed by atoms with Crippen LogP contribution < -0.4 is 5.32 Å². The number of furan rings is 1. The number of nitrogens with zero attached hydrogens (tertiary/aromatic N) is 2. The summed E-state index contributed by atoms with van der Waals surface area (Å²) < 4.78 is 32.1. The molecule has 1 aliphatic rings. The number of aryl methyl sites for hydroxylation is 1. The van der Waals surface area contributed by atoms with Crippen molar-refractivity contribution in [3.8, 4) is 0 Å². The minimum Gasteiger partial charge on any atom is -0.456 e. The lowest BCUT2D eigenvalue weighted by Gasteiger charge is -2.32. The summed E-state index contributed by atoms with van der Waals surface area (Å²) in [5.74, 6) is 0.482. The molecule has 168 valence electrons. The minimum absolute atomic E-state index is 0.0478. The number of sulfonamides is 1. The van der Waals surface area contributed by atoms with Gasteiger partial charge in [0.1, 0.15) is 5.76 Å². The Hall–Kier alpha value is -2.65. The average Bonchev–Trinajstić information content (AvgIpc) is 3.19. The maximum absolute atomic E-state index is 13.0. The number of benzene rings is 1. The van der Waals surface area contributed by atoms with Crippen LogP contribution in [0.25, 0.3) is 0 Å². The SMILES string of the molecule is Cc1ccc(C(=O)NC2CCN(C(=O)c3cccc(S(=O)(=O)N(C)C(C)C)c3)CC2)o1. The fourth-order valence-electron chi connectivity index (χ4n) is 3.46. The van der Waals surface area contributed by atoms with Gasteiger partial charge in [-0.2, -0.15) is 4.31 Å². The van der Waals surface area contributed by atoms with Gasteiger partial charge in [-0.25, -0.2) is 8.42 Å². The molecule has 2 aromatic rings. The van der Waals surface area contributed by atoms with Crippen molar-refractivity contribution in [2.45, 2.75) is 50.6 Å². The molecule has 0 spiro atoms. The zero-order chi connectivity index (χ0) is 22.8. The smallest absolute Gasteiger partial charge is 0.287 e. The largest absolute Gasteiger partial charge is 0.456 e. The van der Waals surface area contributed by atoms with Crippen molar-refractivity contribution in [2.24, 2.45) is 0 Å². The third kappa shape index (κ3) is 5.16. The van der Waals surface area contributed by atoms with Crippen LogP contribution in [0.2, 0.25) is 0 Å². The Bertz CT molecular complexity index is 1050. The Labute approximate surface area is 183 Å². The van der Waals surface area contributed by atoms with Gasteiger partial charge in [0.05, 0.1) is 4.90 Å². The molecule has 31 heavy (non-hydrogen) atoms. The van der Waals surface area contributed by atoms with Crippen LogP contribution in [0.5, 0.6) is 0 Å². The molecule has 1 fully saturated rings. The number of amides is 2. The van der Waals surface area contributed by atoms with Gasteiger partial charge >= 0.3 is 0 Å². The Balaban J connectivity index is 1.63. The molecule has 0 unspecified atom stereocenters. The van der Waals surface area contributed by atoms with Crippen molar-refractivity contribution in [3.63, 3.8) is 0 Å². The third-order valence-electron chi connectivity index (χ3n) is 5.57. The number of piperidine rings is 1. The lowest BCUT2D eigenvalue weighted by Crippen LogP contribution is -2.46. The molecule has 1 aromatic carbocycles. The van der Waals surface area contributed by atoms with Crippen LogP contribution >= 0.6 is 0 Å². The Morgan fingerprint density at radius 1 is 1.16 bits per heavy atom. The molecule has 1 aliphatic heterocycles. The Kier molecular flexibility index (Phi) is 6.86. The summed E-state index contributed by atoms with van der Waals surface area (Å²) in [4.78, 5) is 27.0. The summed E-state index contributed by atoms with van der Waals surface area (Å²) in [6.45, 7) is 6.32. The zero-order valence-corrected chi connectivity index (χ0v) is 19.1. The second kappa shape index (κ2) is 9.23. The second-order valence-corrected chi connectivity index (χ2v) is 10.1. The normalized spacial score (nSPS) is 15.5. The zero-order valence-electron chi connectivity index (χ0n) is 18.3. The minimum atomic E-state index is -3.67. The lowest BCUT2D eigenvalue weighted by atomic mass is 10.0. The van der Waals surface area contributed by atoms with Crippen LogP contribution in [0.3, 0.4) is 0 Å². The van der Waals surface area contributed by atoms with Gasteiger partial charge in [-0.15, -0.1) is 0 Å². The van der Waals surface area contributed by atoms with E-state index in [1.165, 1.54) is 23.5 Å². The highest BCUT2D eigenvalue weighted by atomic mass is 32.2. The maximum atomic E-state index is 13.0. The van der Waals surface area contributed by atoms with Crippen molar-refractivity contribution in [1.82, 2.24) is 14.5 Å². The molecule has 1 saturated heterocycles. The molecule has 2 amide bonds. The van der Waals surface area contributed by atoms with E-state index in [1.54, 1.807) is 49.9 Å². The van der Waals surface area contributed by atoms with E-state index in [0.717, 1.165) is 0 Å². The van der Waals surface area contributed by atoms with Gasteiger partial charge in [-0.1, -0.05) is 6.07 Å². The topological polar surface area (TPSA) is 99.9 Å². The fraction of sp³-hybridized carbons (Fsp3) is 0.455. The molecule has 8 nitrogen and oxygen atoms in total.